The number of nitrogens with one attached hydrogen (secondary N) is 2. The first kappa shape index (κ1) is 18.6. The Morgan fingerprint density at radius 1 is 1.18 bits per heavy atom. The lowest BCUT2D eigenvalue weighted by Gasteiger charge is -2.36. The van der Waals surface area contributed by atoms with Gasteiger partial charge in [0.05, 0.1) is 6.04 Å². The number of aromatic hydroxyl groups is 1. The molecular formula is C21H26N4O3. The van der Waals surface area contributed by atoms with E-state index in [9.17, 15) is 14.7 Å². The fourth-order valence-corrected chi connectivity index (χ4v) is 4.37. The number of nitrogens with zero attached hydrogens (tertiary/aromatic N) is 2. The van der Waals surface area contributed by atoms with E-state index >= 15 is 0 Å². The van der Waals surface area contributed by atoms with Crippen molar-refractivity contribution in [2.75, 3.05) is 13.1 Å². The van der Waals surface area contributed by atoms with Crippen molar-refractivity contribution >= 4 is 10.9 Å². The molecule has 0 radical (unpaired) electrons. The highest BCUT2D eigenvalue weighted by atomic mass is 16.3. The molecule has 0 aliphatic carbocycles. The van der Waals surface area contributed by atoms with Crippen LogP contribution in [0.5, 0.6) is 5.88 Å². The van der Waals surface area contributed by atoms with Gasteiger partial charge < -0.3 is 10.1 Å². The summed E-state index contributed by atoms with van der Waals surface area (Å²) in [6.07, 6.45) is 0.862. The standard InChI is InChI=1S/C21H26N4O3/c1-5-24-11-10-13-12-8-6-7-9-14(12)22-16(13)17(24)15-18(26)23-20(28)25(19(15)27)21(2,3)4/h6-9,17,22,27H,5,10-11H2,1-4H3,(H,23,26,28)/t17-/m1/s1. The van der Waals surface area contributed by atoms with Gasteiger partial charge in [-0.2, -0.15) is 0 Å². The van der Waals surface area contributed by atoms with Crippen molar-refractivity contribution in [3.63, 3.8) is 0 Å². The number of likely N-dealkylation sites (N-methyl/N-ethyl adjacent to an activating group) is 1. The number of fused-ring (bicyclic) bond motifs is 3. The van der Waals surface area contributed by atoms with E-state index in [2.05, 4.69) is 20.9 Å². The zero-order valence-electron chi connectivity index (χ0n) is 16.7. The molecule has 7 nitrogen and oxygen atoms in total. The van der Waals surface area contributed by atoms with E-state index in [-0.39, 0.29) is 11.4 Å². The molecular weight excluding hydrogens is 356 g/mol. The molecule has 0 saturated carbocycles. The van der Waals surface area contributed by atoms with Crippen molar-refractivity contribution in [3.8, 4) is 5.88 Å². The zero-order chi connectivity index (χ0) is 20.2. The maximum Gasteiger partial charge on any atom is 0.331 e. The molecule has 3 aromatic rings. The minimum absolute atomic E-state index is 0.212. The average Bonchev–Trinajstić information content (AvgIpc) is 2.99. The number of hydrogen-bond acceptors (Lipinski definition) is 4. The molecule has 148 valence electrons. The number of para-hydroxylation sites is 1. The van der Waals surface area contributed by atoms with E-state index in [1.807, 2.05) is 45.9 Å². The summed E-state index contributed by atoms with van der Waals surface area (Å²) in [5, 5.41) is 12.2. The second kappa shape index (κ2) is 6.38. The smallest absolute Gasteiger partial charge is 0.331 e. The second-order valence-corrected chi connectivity index (χ2v) is 8.35. The Morgan fingerprint density at radius 2 is 1.89 bits per heavy atom. The van der Waals surface area contributed by atoms with Crippen molar-refractivity contribution < 1.29 is 5.11 Å². The third kappa shape index (κ3) is 2.69. The van der Waals surface area contributed by atoms with Gasteiger partial charge in [-0.1, -0.05) is 25.1 Å². The Bertz CT molecular complexity index is 1160. The molecule has 1 aliphatic rings. The minimum Gasteiger partial charge on any atom is -0.494 e. The van der Waals surface area contributed by atoms with Gasteiger partial charge in [-0.25, -0.2) is 4.79 Å². The molecule has 2 aromatic heterocycles. The Kier molecular flexibility index (Phi) is 4.23. The summed E-state index contributed by atoms with van der Waals surface area (Å²) < 4.78 is 1.26. The van der Waals surface area contributed by atoms with Crippen LogP contribution in [0.25, 0.3) is 10.9 Å². The number of benzene rings is 1. The van der Waals surface area contributed by atoms with Crippen molar-refractivity contribution in [2.24, 2.45) is 0 Å². The Morgan fingerprint density at radius 3 is 2.57 bits per heavy atom. The number of H-pyrrole nitrogens is 2. The average molecular weight is 382 g/mol. The van der Waals surface area contributed by atoms with E-state index < -0.39 is 22.8 Å². The lowest BCUT2D eigenvalue weighted by atomic mass is 9.93. The van der Waals surface area contributed by atoms with E-state index in [1.165, 1.54) is 4.57 Å². The fraction of sp³-hybridized carbons (Fsp3) is 0.429. The van der Waals surface area contributed by atoms with Crippen molar-refractivity contribution in [2.45, 2.75) is 45.7 Å². The van der Waals surface area contributed by atoms with Crippen LogP contribution in [0.4, 0.5) is 0 Å². The van der Waals surface area contributed by atoms with Gasteiger partial charge in [0.2, 0.25) is 5.88 Å². The summed E-state index contributed by atoms with van der Waals surface area (Å²) in [6.45, 7) is 8.98. The van der Waals surface area contributed by atoms with Gasteiger partial charge in [-0.05, 0) is 45.4 Å². The van der Waals surface area contributed by atoms with Crippen LogP contribution in [0, 0.1) is 0 Å². The van der Waals surface area contributed by atoms with Crippen LogP contribution >= 0.6 is 0 Å². The highest BCUT2D eigenvalue weighted by Gasteiger charge is 2.36. The van der Waals surface area contributed by atoms with Gasteiger partial charge in [-0.3, -0.25) is 19.2 Å². The summed E-state index contributed by atoms with van der Waals surface area (Å²) in [5.74, 6) is -0.267. The predicted molar refractivity (Wildman–Crippen MR) is 109 cm³/mol. The number of aromatic nitrogens is 3. The first-order valence-corrected chi connectivity index (χ1v) is 9.66. The molecule has 0 bridgehead atoms. The van der Waals surface area contributed by atoms with Gasteiger partial charge in [0.15, 0.2) is 0 Å². The van der Waals surface area contributed by atoms with Crippen LogP contribution in [-0.4, -0.2) is 37.6 Å². The largest absolute Gasteiger partial charge is 0.494 e. The lowest BCUT2D eigenvalue weighted by molar-refractivity contribution is 0.210. The predicted octanol–water partition coefficient (Wildman–Crippen LogP) is 2.45. The third-order valence-corrected chi connectivity index (χ3v) is 5.61. The van der Waals surface area contributed by atoms with E-state index in [1.54, 1.807) is 0 Å². The number of aromatic amines is 2. The number of hydrogen-bond donors (Lipinski definition) is 3. The van der Waals surface area contributed by atoms with Crippen molar-refractivity contribution in [1.29, 1.82) is 0 Å². The van der Waals surface area contributed by atoms with E-state index in [0.717, 1.165) is 35.1 Å². The van der Waals surface area contributed by atoms with Gasteiger partial charge in [-0.15, -0.1) is 0 Å². The molecule has 1 aliphatic heterocycles. The monoisotopic (exact) mass is 382 g/mol. The lowest BCUT2D eigenvalue weighted by Crippen LogP contribution is -2.44. The summed E-state index contributed by atoms with van der Waals surface area (Å²) in [4.78, 5) is 33.3. The molecule has 28 heavy (non-hydrogen) atoms. The quantitative estimate of drug-likeness (QED) is 0.635. The molecule has 1 aromatic carbocycles. The SMILES string of the molecule is CCN1CCc2c([nH]c3ccccc23)[C@H]1c1c(O)n(C(C)(C)C)c(=O)[nH]c1=O. The molecule has 7 heteroatoms. The van der Waals surface area contributed by atoms with Crippen LogP contribution < -0.4 is 11.2 Å². The molecule has 0 saturated heterocycles. The van der Waals surface area contributed by atoms with Gasteiger partial charge in [0.1, 0.15) is 5.56 Å². The molecule has 3 heterocycles. The van der Waals surface area contributed by atoms with Crippen molar-refractivity contribution in [3.05, 3.63) is 61.9 Å². The van der Waals surface area contributed by atoms with Crippen LogP contribution in [-0.2, 0) is 12.0 Å². The van der Waals surface area contributed by atoms with Crippen LogP contribution in [0.3, 0.4) is 0 Å². The van der Waals surface area contributed by atoms with Crippen LogP contribution in [0.2, 0.25) is 0 Å². The van der Waals surface area contributed by atoms with Crippen LogP contribution in [0.15, 0.2) is 33.9 Å². The summed E-state index contributed by atoms with van der Waals surface area (Å²) in [7, 11) is 0. The zero-order valence-corrected chi connectivity index (χ0v) is 16.7. The maximum atomic E-state index is 12.9. The first-order valence-electron chi connectivity index (χ1n) is 9.66. The topological polar surface area (TPSA) is 94.1 Å². The molecule has 4 rings (SSSR count). The third-order valence-electron chi connectivity index (χ3n) is 5.61. The van der Waals surface area contributed by atoms with E-state index in [4.69, 9.17) is 0 Å². The highest BCUT2D eigenvalue weighted by Crippen LogP contribution is 2.39. The van der Waals surface area contributed by atoms with Gasteiger partial charge >= 0.3 is 5.69 Å². The first-order chi connectivity index (χ1) is 13.2. The van der Waals surface area contributed by atoms with Crippen molar-refractivity contribution in [1.82, 2.24) is 19.4 Å². The second-order valence-electron chi connectivity index (χ2n) is 8.35. The normalized spacial score (nSPS) is 17.8. The Labute approximate surface area is 162 Å². The fourth-order valence-electron chi connectivity index (χ4n) is 4.37. The summed E-state index contributed by atoms with van der Waals surface area (Å²) >= 11 is 0. The maximum absolute atomic E-state index is 12.9. The minimum atomic E-state index is -0.672. The Balaban J connectivity index is 2.04. The Hall–Kier alpha value is -2.80. The summed E-state index contributed by atoms with van der Waals surface area (Å²) in [6, 6.07) is 7.62. The highest BCUT2D eigenvalue weighted by molar-refractivity contribution is 5.85. The van der Waals surface area contributed by atoms with E-state index in [0.29, 0.717) is 6.54 Å². The van der Waals surface area contributed by atoms with Gasteiger partial charge in [0, 0.05) is 28.7 Å². The molecule has 0 unspecified atom stereocenters. The molecule has 0 fully saturated rings. The molecule has 1 atom stereocenters. The molecule has 3 N–H and O–H groups in total. The van der Waals surface area contributed by atoms with Crippen LogP contribution in [0.1, 0.15) is 50.6 Å². The molecule has 0 amide bonds. The number of rotatable bonds is 2. The summed E-state index contributed by atoms with van der Waals surface area (Å²) in [5.41, 5.74) is 1.48. The van der Waals surface area contributed by atoms with Gasteiger partial charge in [0.25, 0.3) is 5.56 Å². The molecule has 0 spiro atoms.